The minimum absolute atomic E-state index is 0.102. The summed E-state index contributed by atoms with van der Waals surface area (Å²) in [6.45, 7) is 2.89. The van der Waals surface area contributed by atoms with E-state index in [0.717, 1.165) is 5.56 Å². The van der Waals surface area contributed by atoms with Crippen LogP contribution < -0.4 is 24.4 Å². The lowest BCUT2D eigenvalue weighted by molar-refractivity contribution is -0.125. The van der Waals surface area contributed by atoms with Crippen LogP contribution >= 0.6 is 11.6 Å². The number of nitrogens with one attached hydrogen (secondary N) is 1. The summed E-state index contributed by atoms with van der Waals surface area (Å²) in [5.74, 6) is 1.66. The summed E-state index contributed by atoms with van der Waals surface area (Å²) in [6, 6.07) is 10.7. The van der Waals surface area contributed by atoms with Gasteiger partial charge in [0.1, 0.15) is 11.9 Å². The third kappa shape index (κ3) is 4.40. The molecule has 152 valence electrons. The van der Waals surface area contributed by atoms with Gasteiger partial charge < -0.3 is 24.4 Å². The van der Waals surface area contributed by atoms with Crippen molar-refractivity contribution in [3.05, 3.63) is 47.0 Å². The molecule has 0 aliphatic carbocycles. The third-order valence-electron chi connectivity index (χ3n) is 4.77. The maximum atomic E-state index is 12.7. The van der Waals surface area contributed by atoms with Crippen LogP contribution in [-0.2, 0) is 16.1 Å². The summed E-state index contributed by atoms with van der Waals surface area (Å²) in [6.07, 6.45) is 0.0730. The van der Waals surface area contributed by atoms with Crippen molar-refractivity contribution < 1.29 is 23.8 Å². The average Bonchev–Trinajstić information content (AvgIpc) is 3.18. The van der Waals surface area contributed by atoms with Crippen LogP contribution in [-0.4, -0.2) is 31.3 Å². The van der Waals surface area contributed by atoms with Crippen LogP contribution in [0.4, 0.5) is 5.69 Å². The molecule has 7 nitrogen and oxygen atoms in total. The smallest absolute Gasteiger partial charge is 0.231 e. The second-order valence-corrected chi connectivity index (χ2v) is 7.45. The van der Waals surface area contributed by atoms with Crippen molar-refractivity contribution in [3.8, 4) is 17.2 Å². The normalized spacial score (nSPS) is 16.8. The molecular formula is C21H21ClN2O5. The van der Waals surface area contributed by atoms with Gasteiger partial charge in [-0.1, -0.05) is 17.7 Å². The first-order valence-corrected chi connectivity index (χ1v) is 9.79. The number of fused-ring (bicyclic) bond motifs is 2. The van der Waals surface area contributed by atoms with E-state index in [1.54, 1.807) is 23.1 Å². The fraction of sp³-hybridized carbons (Fsp3) is 0.333. The van der Waals surface area contributed by atoms with E-state index in [-0.39, 0.29) is 37.6 Å². The van der Waals surface area contributed by atoms with Gasteiger partial charge in [0.05, 0.1) is 12.2 Å². The highest BCUT2D eigenvalue weighted by Gasteiger charge is 2.28. The highest BCUT2D eigenvalue weighted by Crippen LogP contribution is 2.36. The molecule has 0 spiro atoms. The number of anilines is 1. The summed E-state index contributed by atoms with van der Waals surface area (Å²) >= 11 is 6.07. The fourth-order valence-electron chi connectivity index (χ4n) is 3.34. The average molecular weight is 417 g/mol. The lowest BCUT2D eigenvalue weighted by atomic mass is 10.1. The van der Waals surface area contributed by atoms with Gasteiger partial charge in [-0.2, -0.15) is 0 Å². The molecule has 1 unspecified atom stereocenters. The molecular weight excluding hydrogens is 396 g/mol. The van der Waals surface area contributed by atoms with Gasteiger partial charge in [-0.25, -0.2) is 0 Å². The first-order valence-electron chi connectivity index (χ1n) is 9.41. The zero-order valence-electron chi connectivity index (χ0n) is 15.9. The zero-order valence-corrected chi connectivity index (χ0v) is 16.7. The Labute approximate surface area is 173 Å². The molecule has 8 heteroatoms. The van der Waals surface area contributed by atoms with E-state index in [4.69, 9.17) is 25.8 Å². The van der Waals surface area contributed by atoms with Crippen LogP contribution in [0, 0.1) is 0 Å². The van der Waals surface area contributed by atoms with Gasteiger partial charge in [-0.3, -0.25) is 9.59 Å². The first kappa shape index (κ1) is 19.4. The number of hydrogen-bond donors (Lipinski definition) is 1. The van der Waals surface area contributed by atoms with Crippen molar-refractivity contribution in [1.82, 2.24) is 5.32 Å². The zero-order chi connectivity index (χ0) is 20.4. The SMILES string of the molecule is CC1CN(C(=O)CCC(=O)NCc2ccc3c(c2)OCO3)c2cc(Cl)ccc2O1. The summed E-state index contributed by atoms with van der Waals surface area (Å²) < 4.78 is 16.4. The number of carbonyl (C=O) groups is 2. The molecule has 0 saturated heterocycles. The molecule has 0 bridgehead atoms. The van der Waals surface area contributed by atoms with Crippen LogP contribution in [0.1, 0.15) is 25.3 Å². The first-order chi connectivity index (χ1) is 14.0. The molecule has 2 aliphatic heterocycles. The van der Waals surface area contributed by atoms with Crippen molar-refractivity contribution in [2.75, 3.05) is 18.2 Å². The standard InChI is InChI=1S/C21H21ClN2O5/c1-13-11-24(16-9-15(22)3-5-17(16)29-13)21(26)7-6-20(25)23-10-14-2-4-18-19(8-14)28-12-27-18/h2-5,8-9,13H,6-7,10-12H2,1H3,(H,23,25). The van der Waals surface area contributed by atoms with Crippen LogP contribution in [0.5, 0.6) is 17.2 Å². The number of benzene rings is 2. The molecule has 2 aliphatic rings. The Morgan fingerprint density at radius 3 is 2.76 bits per heavy atom. The van der Waals surface area contributed by atoms with E-state index in [9.17, 15) is 9.59 Å². The molecule has 29 heavy (non-hydrogen) atoms. The molecule has 0 radical (unpaired) electrons. The number of nitrogens with zero attached hydrogens (tertiary/aromatic N) is 1. The van der Waals surface area contributed by atoms with E-state index >= 15 is 0 Å². The second-order valence-electron chi connectivity index (χ2n) is 7.01. The van der Waals surface area contributed by atoms with Crippen LogP contribution in [0.2, 0.25) is 5.02 Å². The Balaban J connectivity index is 1.31. The minimum atomic E-state index is -0.191. The number of hydrogen-bond acceptors (Lipinski definition) is 5. The molecule has 2 aromatic rings. The minimum Gasteiger partial charge on any atom is -0.487 e. The Hall–Kier alpha value is -2.93. The second kappa shape index (κ2) is 8.21. The van der Waals surface area contributed by atoms with Crippen LogP contribution in [0.25, 0.3) is 0 Å². The molecule has 2 heterocycles. The monoisotopic (exact) mass is 416 g/mol. The van der Waals surface area contributed by atoms with Crippen molar-refractivity contribution in [1.29, 1.82) is 0 Å². The van der Waals surface area contributed by atoms with Gasteiger partial charge in [-0.15, -0.1) is 0 Å². The largest absolute Gasteiger partial charge is 0.487 e. The number of halogens is 1. The van der Waals surface area contributed by atoms with E-state index in [1.165, 1.54) is 0 Å². The molecule has 1 atom stereocenters. The highest BCUT2D eigenvalue weighted by atomic mass is 35.5. The topological polar surface area (TPSA) is 77.1 Å². The molecule has 4 rings (SSSR count). The van der Waals surface area contributed by atoms with Gasteiger partial charge >= 0.3 is 0 Å². The van der Waals surface area contributed by atoms with E-state index in [0.29, 0.717) is 41.0 Å². The van der Waals surface area contributed by atoms with E-state index in [1.807, 2.05) is 25.1 Å². The maximum Gasteiger partial charge on any atom is 0.231 e. The lowest BCUT2D eigenvalue weighted by Gasteiger charge is -2.33. The Bertz CT molecular complexity index is 949. The Morgan fingerprint density at radius 1 is 1.10 bits per heavy atom. The van der Waals surface area contributed by atoms with Gasteiger partial charge in [0.25, 0.3) is 0 Å². The Morgan fingerprint density at radius 2 is 1.90 bits per heavy atom. The summed E-state index contributed by atoms with van der Waals surface area (Å²) in [5, 5.41) is 3.36. The molecule has 2 amide bonds. The Kier molecular flexibility index (Phi) is 5.49. The van der Waals surface area contributed by atoms with E-state index in [2.05, 4.69) is 5.32 Å². The molecule has 0 aromatic heterocycles. The quantitative estimate of drug-likeness (QED) is 0.809. The number of ether oxygens (including phenoxy) is 3. The van der Waals surface area contributed by atoms with Crippen molar-refractivity contribution in [2.45, 2.75) is 32.4 Å². The molecule has 0 saturated carbocycles. The predicted molar refractivity (Wildman–Crippen MR) is 108 cm³/mol. The lowest BCUT2D eigenvalue weighted by Crippen LogP contribution is -2.42. The summed E-state index contributed by atoms with van der Waals surface area (Å²) in [7, 11) is 0. The number of carbonyl (C=O) groups excluding carboxylic acids is 2. The molecule has 0 fully saturated rings. The predicted octanol–water partition coefficient (Wildman–Crippen LogP) is 3.28. The number of amides is 2. The fourth-order valence-corrected chi connectivity index (χ4v) is 3.51. The molecule has 2 aromatic carbocycles. The van der Waals surface area contributed by atoms with Crippen LogP contribution in [0.15, 0.2) is 36.4 Å². The van der Waals surface area contributed by atoms with Gasteiger partial charge in [-0.05, 0) is 42.8 Å². The van der Waals surface area contributed by atoms with Gasteiger partial charge in [0.2, 0.25) is 18.6 Å². The van der Waals surface area contributed by atoms with Crippen molar-refractivity contribution >= 4 is 29.1 Å². The third-order valence-corrected chi connectivity index (χ3v) is 5.01. The van der Waals surface area contributed by atoms with Gasteiger partial charge in [0, 0.05) is 24.4 Å². The van der Waals surface area contributed by atoms with Crippen molar-refractivity contribution in [3.63, 3.8) is 0 Å². The number of rotatable bonds is 5. The van der Waals surface area contributed by atoms with E-state index < -0.39 is 0 Å². The highest BCUT2D eigenvalue weighted by molar-refractivity contribution is 6.31. The summed E-state index contributed by atoms with van der Waals surface area (Å²) in [5.41, 5.74) is 1.54. The summed E-state index contributed by atoms with van der Waals surface area (Å²) in [4.78, 5) is 26.6. The van der Waals surface area contributed by atoms with Crippen molar-refractivity contribution in [2.24, 2.45) is 0 Å². The maximum absolute atomic E-state index is 12.7. The van der Waals surface area contributed by atoms with Gasteiger partial charge in [0.15, 0.2) is 11.5 Å². The molecule has 1 N–H and O–H groups in total. The van der Waals surface area contributed by atoms with Crippen LogP contribution in [0.3, 0.4) is 0 Å².